The third-order valence-corrected chi connectivity index (χ3v) is 16.0. The van der Waals surface area contributed by atoms with E-state index in [-0.39, 0.29) is 95.2 Å². The van der Waals surface area contributed by atoms with E-state index in [0.717, 1.165) is 75.8 Å². The maximum atomic E-state index is 14.2. The monoisotopic (exact) mass is 1330 g/mol. The van der Waals surface area contributed by atoms with Crippen molar-refractivity contribution in [1.29, 1.82) is 0 Å². The highest BCUT2D eigenvalue weighted by molar-refractivity contribution is 6.24. The maximum absolute atomic E-state index is 14.2. The first-order chi connectivity index (χ1) is 47.2. The number of ether oxygens (including phenoxy) is 12. The van der Waals surface area contributed by atoms with Crippen LogP contribution in [-0.2, 0) is 93.7 Å². The van der Waals surface area contributed by atoms with Gasteiger partial charge in [0.2, 0.25) is 29.5 Å². The SMILES string of the molecule is NCCOCCOCCOCCOCCOCCOCCC(=O)N[C@H](Cc1ccc2ccc3cccc4ccc1c2c34)C(=O)NCCCCC(=O)N[C@H](Cc1ccc2ccc3cccc4ccc1c2c34)C(=O)NCCOCCOCCOCCOCCOCCOCCC(N)=O. The van der Waals surface area contributed by atoms with E-state index in [9.17, 15) is 24.0 Å². The number of nitrogens with two attached hydrogens (primary N) is 2. The smallest absolute Gasteiger partial charge is 0.243 e. The number of carbonyl (C=O) groups excluding carboxylic acids is 5. The lowest BCUT2D eigenvalue weighted by atomic mass is 9.90. The quantitative estimate of drug-likeness (QED) is 0.0186. The summed E-state index contributed by atoms with van der Waals surface area (Å²) in [5.74, 6) is -1.72. The molecule has 0 heterocycles. The Morgan fingerprint density at radius 1 is 0.323 bits per heavy atom. The van der Waals surface area contributed by atoms with Gasteiger partial charge >= 0.3 is 0 Å². The summed E-state index contributed by atoms with van der Waals surface area (Å²) in [6.07, 6.45) is 1.70. The molecule has 0 fully saturated rings. The number of hydrogen-bond donors (Lipinski definition) is 6. The van der Waals surface area contributed by atoms with Crippen molar-refractivity contribution in [1.82, 2.24) is 21.3 Å². The number of nitrogens with one attached hydrogen (secondary N) is 4. The lowest BCUT2D eigenvalue weighted by molar-refractivity contribution is -0.129. The van der Waals surface area contributed by atoms with Crippen molar-refractivity contribution >= 4 is 94.2 Å². The van der Waals surface area contributed by atoms with Gasteiger partial charge in [0.25, 0.3) is 0 Å². The van der Waals surface area contributed by atoms with E-state index in [4.69, 9.17) is 68.3 Å². The van der Waals surface area contributed by atoms with Crippen LogP contribution in [0.3, 0.4) is 0 Å². The fourth-order valence-corrected chi connectivity index (χ4v) is 11.3. The second kappa shape index (κ2) is 43.1. The lowest BCUT2D eigenvalue weighted by Gasteiger charge is -2.21. The van der Waals surface area contributed by atoms with Gasteiger partial charge in [0, 0.05) is 51.7 Å². The molecule has 23 nitrogen and oxygen atoms in total. The number of primary amides is 1. The molecule has 8 aromatic rings. The number of carbonyl (C=O) groups is 5. The summed E-state index contributed by atoms with van der Waals surface area (Å²) in [5, 5.41) is 25.3. The summed E-state index contributed by atoms with van der Waals surface area (Å²) in [5.41, 5.74) is 12.3. The molecule has 0 saturated heterocycles. The molecule has 96 heavy (non-hydrogen) atoms. The van der Waals surface area contributed by atoms with Crippen LogP contribution in [-0.4, -0.2) is 220 Å². The van der Waals surface area contributed by atoms with Crippen molar-refractivity contribution in [2.45, 2.75) is 57.0 Å². The van der Waals surface area contributed by atoms with E-state index in [1.54, 1.807) is 0 Å². The second-order valence-electron chi connectivity index (χ2n) is 23.0. The first-order valence-corrected chi connectivity index (χ1v) is 33.5. The Morgan fingerprint density at radius 2 is 0.635 bits per heavy atom. The van der Waals surface area contributed by atoms with Crippen LogP contribution in [0, 0.1) is 0 Å². The second-order valence-corrected chi connectivity index (χ2v) is 23.0. The first kappa shape index (κ1) is 74.5. The van der Waals surface area contributed by atoms with Crippen LogP contribution in [0.2, 0.25) is 0 Å². The Labute approximate surface area is 561 Å². The molecular formula is C73H96N6O17. The molecule has 8 rings (SSSR count). The number of benzene rings is 8. The molecule has 0 aliphatic rings. The fraction of sp³-hybridized carbons (Fsp3) is 0.493. The average Bonchev–Trinajstić information content (AvgIpc) is 0.752. The van der Waals surface area contributed by atoms with E-state index in [0.29, 0.717) is 152 Å². The summed E-state index contributed by atoms with van der Waals surface area (Å²) >= 11 is 0. The highest BCUT2D eigenvalue weighted by atomic mass is 16.6. The summed E-state index contributed by atoms with van der Waals surface area (Å²) in [7, 11) is 0. The molecular weight excluding hydrogens is 1230 g/mol. The average molecular weight is 1330 g/mol. The number of unbranched alkanes of at least 4 members (excludes halogenated alkanes) is 1. The van der Waals surface area contributed by atoms with E-state index < -0.39 is 18.0 Å². The molecule has 0 aromatic heterocycles. The molecule has 0 radical (unpaired) electrons. The first-order valence-electron chi connectivity index (χ1n) is 33.5. The van der Waals surface area contributed by atoms with Crippen LogP contribution in [0.4, 0.5) is 0 Å². The van der Waals surface area contributed by atoms with Crippen molar-refractivity contribution in [2.24, 2.45) is 11.5 Å². The molecule has 0 aliphatic heterocycles. The lowest BCUT2D eigenvalue weighted by Crippen LogP contribution is -2.49. The van der Waals surface area contributed by atoms with Gasteiger partial charge in [-0.2, -0.15) is 0 Å². The van der Waals surface area contributed by atoms with Gasteiger partial charge in [-0.1, -0.05) is 109 Å². The molecule has 23 heteroatoms. The van der Waals surface area contributed by atoms with Crippen LogP contribution in [0.25, 0.3) is 64.6 Å². The van der Waals surface area contributed by atoms with Gasteiger partial charge < -0.3 is 89.6 Å². The molecule has 520 valence electrons. The zero-order chi connectivity index (χ0) is 67.2. The third-order valence-electron chi connectivity index (χ3n) is 16.0. The topological polar surface area (TPSA) is 296 Å². The highest BCUT2D eigenvalue weighted by Gasteiger charge is 2.25. The predicted molar refractivity (Wildman–Crippen MR) is 369 cm³/mol. The summed E-state index contributed by atoms with van der Waals surface area (Å²) in [6, 6.07) is 35.7. The van der Waals surface area contributed by atoms with E-state index >= 15 is 0 Å². The predicted octanol–water partition coefficient (Wildman–Crippen LogP) is 6.06. The summed E-state index contributed by atoms with van der Waals surface area (Å²) in [4.78, 5) is 66.5. The molecule has 8 N–H and O–H groups in total. The minimum absolute atomic E-state index is 0.0319. The van der Waals surface area contributed by atoms with Crippen LogP contribution in [0.1, 0.15) is 43.2 Å². The van der Waals surface area contributed by atoms with Crippen LogP contribution in [0.5, 0.6) is 0 Å². The van der Waals surface area contributed by atoms with E-state index in [2.05, 4.69) is 106 Å². The van der Waals surface area contributed by atoms with Crippen molar-refractivity contribution in [3.8, 4) is 0 Å². The Balaban J connectivity index is 0.770. The summed E-state index contributed by atoms with van der Waals surface area (Å²) < 4.78 is 66.3. The fourth-order valence-electron chi connectivity index (χ4n) is 11.3. The Bertz CT molecular complexity index is 3560. The minimum Gasteiger partial charge on any atom is -0.379 e. The van der Waals surface area contributed by atoms with E-state index in [1.165, 1.54) is 0 Å². The largest absolute Gasteiger partial charge is 0.379 e. The van der Waals surface area contributed by atoms with Crippen LogP contribution in [0.15, 0.2) is 109 Å². The van der Waals surface area contributed by atoms with Crippen molar-refractivity contribution in [3.63, 3.8) is 0 Å². The Morgan fingerprint density at radius 3 is 1.02 bits per heavy atom. The molecule has 0 aliphatic carbocycles. The zero-order valence-corrected chi connectivity index (χ0v) is 55.2. The van der Waals surface area contributed by atoms with Gasteiger partial charge in [0.05, 0.1) is 159 Å². The maximum Gasteiger partial charge on any atom is 0.243 e. The zero-order valence-electron chi connectivity index (χ0n) is 55.2. The molecule has 5 amide bonds. The third kappa shape index (κ3) is 25.0. The van der Waals surface area contributed by atoms with Gasteiger partial charge in [-0.3, -0.25) is 24.0 Å². The van der Waals surface area contributed by atoms with Gasteiger partial charge in [-0.25, -0.2) is 0 Å². The molecule has 8 aromatic carbocycles. The Kier molecular flexibility index (Phi) is 33.4. The molecule has 0 spiro atoms. The molecule has 0 unspecified atom stereocenters. The van der Waals surface area contributed by atoms with Gasteiger partial charge in [-0.15, -0.1) is 0 Å². The van der Waals surface area contributed by atoms with E-state index in [1.807, 2.05) is 24.3 Å². The van der Waals surface area contributed by atoms with Crippen molar-refractivity contribution in [3.05, 3.63) is 120 Å². The number of rotatable bonds is 54. The van der Waals surface area contributed by atoms with Crippen molar-refractivity contribution in [2.75, 3.05) is 178 Å². The summed E-state index contributed by atoms with van der Waals surface area (Å²) in [6.45, 7) is 10.1. The highest BCUT2D eigenvalue weighted by Crippen LogP contribution is 2.38. The standard InChI is InChI=1S/C73H96N6O17/c74-24-29-87-33-37-91-41-45-95-49-47-94-44-40-90-36-32-86-28-23-67(82)79-63(51-59-16-14-57-12-10-53-5-3-7-55-18-20-61(59)70(57)68(53)55)72(83)76-25-2-1-9-66(81)78-64(52-60-17-15-58-13-11-54-6-4-8-56-19-21-62(60)71(58)69(54)56)73(84)77-26-30-88-34-38-92-42-46-96-50-48-93-43-39-89-35-31-85-27-22-65(75)80/h3-8,10-21,63-64H,1-2,9,22-52,74H2,(H2,75,80)(H,76,83)(H,77,84)(H,78,81)(H,79,82)/t63-,64-/m1/s1. The molecule has 0 bridgehead atoms. The van der Waals surface area contributed by atoms with Gasteiger partial charge in [-0.05, 0) is 88.6 Å². The molecule has 0 saturated carbocycles. The normalized spacial score (nSPS) is 12.4. The van der Waals surface area contributed by atoms with Gasteiger partial charge in [0.1, 0.15) is 12.1 Å². The van der Waals surface area contributed by atoms with Crippen LogP contribution >= 0.6 is 0 Å². The Hall–Kier alpha value is -7.33. The van der Waals surface area contributed by atoms with Crippen LogP contribution < -0.4 is 32.7 Å². The number of hydrogen-bond acceptors (Lipinski definition) is 18. The van der Waals surface area contributed by atoms with Crippen molar-refractivity contribution < 1.29 is 80.8 Å². The molecule has 2 atom stereocenters. The number of amides is 5. The minimum atomic E-state index is -0.909. The van der Waals surface area contributed by atoms with Gasteiger partial charge in [0.15, 0.2) is 0 Å².